The van der Waals surface area contributed by atoms with Crippen LogP contribution in [0.1, 0.15) is 26.2 Å². The average Bonchev–Trinajstić information content (AvgIpc) is 2.21. The zero-order chi connectivity index (χ0) is 10.4. The van der Waals surface area contributed by atoms with Gasteiger partial charge < -0.3 is 5.73 Å². The van der Waals surface area contributed by atoms with Crippen LogP contribution < -0.4 is 5.73 Å². The topological polar surface area (TPSA) is 29.3 Å². The lowest BCUT2D eigenvalue weighted by Crippen LogP contribution is -2.45. The molecule has 1 aliphatic rings. The molecule has 1 atom stereocenters. The molecule has 1 saturated heterocycles. The van der Waals surface area contributed by atoms with Gasteiger partial charge in [0.05, 0.1) is 0 Å². The maximum Gasteiger partial charge on any atom is 0.0226 e. The van der Waals surface area contributed by atoms with Gasteiger partial charge in [-0.3, -0.25) is 4.90 Å². The maximum atomic E-state index is 5.83. The highest BCUT2D eigenvalue weighted by Crippen LogP contribution is 2.19. The van der Waals surface area contributed by atoms with Crippen molar-refractivity contribution in [3.63, 3.8) is 0 Å². The van der Waals surface area contributed by atoms with Gasteiger partial charge in [0.1, 0.15) is 0 Å². The van der Waals surface area contributed by atoms with E-state index in [-0.39, 0.29) is 0 Å². The highest BCUT2D eigenvalue weighted by Gasteiger charge is 2.21. The van der Waals surface area contributed by atoms with Crippen molar-refractivity contribution in [2.24, 2.45) is 11.7 Å². The second-order valence-electron chi connectivity index (χ2n) is 4.39. The minimum Gasteiger partial charge on any atom is -0.329 e. The molecule has 1 heterocycles. The van der Waals surface area contributed by atoms with Gasteiger partial charge >= 0.3 is 0 Å². The van der Waals surface area contributed by atoms with E-state index in [1.54, 1.807) is 0 Å². The number of rotatable bonds is 5. The first-order valence-corrected chi connectivity index (χ1v) is 7.10. The van der Waals surface area contributed by atoms with Gasteiger partial charge in [-0.25, -0.2) is 0 Å². The Morgan fingerprint density at radius 2 is 2.07 bits per heavy atom. The van der Waals surface area contributed by atoms with E-state index in [9.17, 15) is 0 Å². The molecule has 0 amide bonds. The lowest BCUT2D eigenvalue weighted by Gasteiger charge is -2.36. The van der Waals surface area contributed by atoms with Crippen molar-refractivity contribution in [2.75, 3.05) is 31.6 Å². The van der Waals surface area contributed by atoms with Crippen LogP contribution in [0.25, 0.3) is 0 Å². The van der Waals surface area contributed by atoms with Crippen molar-refractivity contribution >= 4 is 11.8 Å². The second kappa shape index (κ2) is 6.70. The predicted octanol–water partition coefficient (Wildman–Crippen LogP) is 1.80. The van der Waals surface area contributed by atoms with Crippen LogP contribution in [0.3, 0.4) is 0 Å². The Kier molecular flexibility index (Phi) is 5.90. The van der Waals surface area contributed by atoms with Gasteiger partial charge in [0.15, 0.2) is 0 Å². The molecule has 0 spiro atoms. The summed E-state index contributed by atoms with van der Waals surface area (Å²) in [5.74, 6) is 2.17. The molecule has 1 unspecified atom stereocenters. The number of thioether (sulfide) groups is 1. The van der Waals surface area contributed by atoms with E-state index in [4.69, 9.17) is 5.73 Å². The quantitative estimate of drug-likeness (QED) is 0.760. The molecule has 1 aliphatic heterocycles. The molecule has 0 aliphatic carbocycles. The number of nitrogens with two attached hydrogens (primary N) is 1. The van der Waals surface area contributed by atoms with Crippen molar-refractivity contribution in [2.45, 2.75) is 32.2 Å². The number of piperidine rings is 1. The van der Waals surface area contributed by atoms with E-state index in [1.165, 1.54) is 38.1 Å². The molecule has 0 aromatic carbocycles. The van der Waals surface area contributed by atoms with Crippen LogP contribution in [0.15, 0.2) is 0 Å². The molecule has 0 bridgehead atoms. The molecule has 84 valence electrons. The highest BCUT2D eigenvalue weighted by molar-refractivity contribution is 7.98. The summed E-state index contributed by atoms with van der Waals surface area (Å²) in [6.45, 7) is 5.71. The smallest absolute Gasteiger partial charge is 0.0226 e. The van der Waals surface area contributed by atoms with Crippen molar-refractivity contribution in [1.29, 1.82) is 0 Å². The molecule has 1 fully saturated rings. The monoisotopic (exact) mass is 216 g/mol. The standard InChI is InChI=1S/C11H24N2S/c1-10-3-6-13(7-4-10)11(9-12)5-8-14-2/h10-11H,3-9,12H2,1-2H3. The zero-order valence-electron chi connectivity index (χ0n) is 9.54. The predicted molar refractivity (Wildman–Crippen MR) is 65.8 cm³/mol. The van der Waals surface area contributed by atoms with Gasteiger partial charge in [-0.05, 0) is 50.3 Å². The number of hydrogen-bond acceptors (Lipinski definition) is 3. The summed E-state index contributed by atoms with van der Waals surface area (Å²) in [7, 11) is 0. The SMILES string of the molecule is CSCCC(CN)N1CCC(C)CC1. The van der Waals surface area contributed by atoms with Gasteiger partial charge in [-0.2, -0.15) is 11.8 Å². The number of nitrogens with zero attached hydrogens (tertiary/aromatic N) is 1. The fraction of sp³-hybridized carbons (Fsp3) is 1.00. The summed E-state index contributed by atoms with van der Waals surface area (Å²) in [4.78, 5) is 2.59. The van der Waals surface area contributed by atoms with Gasteiger partial charge in [-0.15, -0.1) is 0 Å². The van der Waals surface area contributed by atoms with Gasteiger partial charge in [0.25, 0.3) is 0 Å². The van der Waals surface area contributed by atoms with Crippen molar-refractivity contribution in [1.82, 2.24) is 4.90 Å². The van der Waals surface area contributed by atoms with Crippen LogP contribution in [0.4, 0.5) is 0 Å². The Labute approximate surface area is 92.6 Å². The molecule has 2 N–H and O–H groups in total. The summed E-state index contributed by atoms with van der Waals surface area (Å²) in [5, 5.41) is 0. The van der Waals surface area contributed by atoms with Gasteiger partial charge in [0.2, 0.25) is 0 Å². The first-order valence-electron chi connectivity index (χ1n) is 5.71. The van der Waals surface area contributed by atoms with Crippen LogP contribution in [-0.2, 0) is 0 Å². The molecular weight excluding hydrogens is 192 g/mol. The Morgan fingerprint density at radius 1 is 1.43 bits per heavy atom. The molecule has 14 heavy (non-hydrogen) atoms. The summed E-state index contributed by atoms with van der Waals surface area (Å²) in [6, 6.07) is 0.634. The van der Waals surface area contributed by atoms with E-state index in [0.717, 1.165) is 12.5 Å². The van der Waals surface area contributed by atoms with E-state index in [2.05, 4.69) is 18.1 Å². The van der Waals surface area contributed by atoms with Crippen molar-refractivity contribution < 1.29 is 0 Å². The third kappa shape index (κ3) is 3.79. The minimum atomic E-state index is 0.634. The Balaban J connectivity index is 2.29. The fourth-order valence-corrected chi connectivity index (χ4v) is 2.60. The molecule has 1 rings (SSSR count). The summed E-state index contributed by atoms with van der Waals surface area (Å²) in [5.41, 5.74) is 5.83. The van der Waals surface area contributed by atoms with E-state index >= 15 is 0 Å². The summed E-state index contributed by atoms with van der Waals surface area (Å²) >= 11 is 1.93. The second-order valence-corrected chi connectivity index (χ2v) is 5.38. The molecule has 2 nitrogen and oxygen atoms in total. The first-order chi connectivity index (χ1) is 6.77. The molecule has 0 aromatic heterocycles. The minimum absolute atomic E-state index is 0.634. The van der Waals surface area contributed by atoms with Gasteiger partial charge in [-0.1, -0.05) is 6.92 Å². The maximum absolute atomic E-state index is 5.83. The lowest BCUT2D eigenvalue weighted by molar-refractivity contribution is 0.138. The van der Waals surface area contributed by atoms with E-state index in [0.29, 0.717) is 6.04 Å². The highest BCUT2D eigenvalue weighted by atomic mass is 32.2. The van der Waals surface area contributed by atoms with Crippen molar-refractivity contribution in [3.05, 3.63) is 0 Å². The fourth-order valence-electron chi connectivity index (χ4n) is 2.10. The molecule has 0 radical (unpaired) electrons. The molecule has 0 aromatic rings. The normalized spacial score (nSPS) is 22.5. The summed E-state index contributed by atoms with van der Waals surface area (Å²) < 4.78 is 0. The lowest BCUT2D eigenvalue weighted by atomic mass is 9.97. The third-order valence-electron chi connectivity index (χ3n) is 3.26. The van der Waals surface area contributed by atoms with Gasteiger partial charge in [0, 0.05) is 12.6 Å². The van der Waals surface area contributed by atoms with E-state index < -0.39 is 0 Å². The summed E-state index contributed by atoms with van der Waals surface area (Å²) in [6.07, 6.45) is 6.14. The Hall–Kier alpha value is 0.270. The molecule has 0 saturated carbocycles. The first kappa shape index (κ1) is 12.3. The Bertz CT molecular complexity index is 141. The van der Waals surface area contributed by atoms with Crippen LogP contribution >= 0.6 is 11.8 Å². The molecule has 3 heteroatoms. The Morgan fingerprint density at radius 3 is 2.57 bits per heavy atom. The van der Waals surface area contributed by atoms with Crippen LogP contribution in [0, 0.1) is 5.92 Å². The van der Waals surface area contributed by atoms with Crippen LogP contribution in [0.2, 0.25) is 0 Å². The average molecular weight is 216 g/mol. The van der Waals surface area contributed by atoms with Crippen LogP contribution in [-0.4, -0.2) is 42.6 Å². The number of hydrogen-bond donors (Lipinski definition) is 1. The largest absolute Gasteiger partial charge is 0.329 e. The molecular formula is C11H24N2S. The number of likely N-dealkylation sites (tertiary alicyclic amines) is 1. The van der Waals surface area contributed by atoms with Crippen LogP contribution in [0.5, 0.6) is 0 Å². The zero-order valence-corrected chi connectivity index (χ0v) is 10.4. The van der Waals surface area contributed by atoms with E-state index in [1.807, 2.05) is 11.8 Å². The van der Waals surface area contributed by atoms with Crippen molar-refractivity contribution in [3.8, 4) is 0 Å². The third-order valence-corrected chi connectivity index (χ3v) is 3.91.